The number of nitrogens with zero attached hydrogens (tertiary/aromatic N) is 4. The number of rotatable bonds is 5. The Hall–Kier alpha value is -2.86. The third-order valence-electron chi connectivity index (χ3n) is 6.99. The Labute approximate surface area is 217 Å². The van der Waals surface area contributed by atoms with Crippen molar-refractivity contribution in [1.82, 2.24) is 15.0 Å². The van der Waals surface area contributed by atoms with E-state index in [9.17, 15) is 4.79 Å². The summed E-state index contributed by atoms with van der Waals surface area (Å²) in [5.41, 5.74) is 13.5. The minimum atomic E-state index is -0.589. The molecule has 3 aromatic rings. The van der Waals surface area contributed by atoms with Crippen LogP contribution in [-0.2, 0) is 9.47 Å². The zero-order chi connectivity index (χ0) is 25.4. The molecule has 0 amide bonds. The molecule has 0 radical (unpaired) electrons. The van der Waals surface area contributed by atoms with Gasteiger partial charge in [0.05, 0.1) is 36.6 Å². The van der Waals surface area contributed by atoms with Crippen LogP contribution >= 0.6 is 23.4 Å². The van der Waals surface area contributed by atoms with Crippen molar-refractivity contribution in [2.75, 3.05) is 37.4 Å². The number of methoxy groups -OCH3 is 1. The number of oxazole rings is 1. The Morgan fingerprint density at radius 2 is 2.08 bits per heavy atom. The van der Waals surface area contributed by atoms with Gasteiger partial charge in [0.15, 0.2) is 17.3 Å². The van der Waals surface area contributed by atoms with Gasteiger partial charge in [0.25, 0.3) is 0 Å². The summed E-state index contributed by atoms with van der Waals surface area (Å²) in [4.78, 5) is 28.7. The fourth-order valence-corrected chi connectivity index (χ4v) is 5.97. The first-order chi connectivity index (χ1) is 17.3. The van der Waals surface area contributed by atoms with Gasteiger partial charge in [-0.25, -0.2) is 19.7 Å². The molecule has 0 bridgehead atoms. The van der Waals surface area contributed by atoms with Gasteiger partial charge < -0.3 is 30.3 Å². The molecule has 36 heavy (non-hydrogen) atoms. The number of aromatic nitrogens is 3. The Morgan fingerprint density at radius 3 is 2.72 bits per heavy atom. The molecule has 1 spiro atoms. The van der Waals surface area contributed by atoms with Crippen molar-refractivity contribution in [2.45, 2.75) is 41.8 Å². The molecule has 4 N–H and O–H groups in total. The second-order valence-corrected chi connectivity index (χ2v) is 10.4. The van der Waals surface area contributed by atoms with Crippen molar-refractivity contribution < 1.29 is 18.7 Å². The van der Waals surface area contributed by atoms with Gasteiger partial charge in [0.2, 0.25) is 5.89 Å². The van der Waals surface area contributed by atoms with Crippen molar-refractivity contribution in [2.24, 2.45) is 11.1 Å². The number of esters is 1. The number of hydrogen-bond donors (Lipinski definition) is 2. The van der Waals surface area contributed by atoms with Crippen molar-refractivity contribution in [1.29, 1.82) is 0 Å². The van der Waals surface area contributed by atoms with Crippen LogP contribution in [-0.4, -0.2) is 59.9 Å². The maximum atomic E-state index is 12.7. The smallest absolute Gasteiger partial charge is 0.360 e. The minimum Gasteiger partial charge on any atom is -0.464 e. The number of nitrogens with two attached hydrogens (primary N) is 2. The zero-order valence-corrected chi connectivity index (χ0v) is 21.5. The monoisotopic (exact) mass is 530 g/mol. The molecule has 0 saturated carbocycles. The Kier molecular flexibility index (Phi) is 6.82. The van der Waals surface area contributed by atoms with Crippen LogP contribution in [0.4, 0.5) is 11.6 Å². The lowest BCUT2D eigenvalue weighted by Crippen LogP contribution is -2.51. The minimum absolute atomic E-state index is 0.0217. The van der Waals surface area contributed by atoms with E-state index in [1.54, 1.807) is 12.3 Å². The highest BCUT2D eigenvalue weighted by Crippen LogP contribution is 2.43. The molecule has 4 heterocycles. The number of halogens is 1. The number of benzene rings is 1. The van der Waals surface area contributed by atoms with E-state index in [0.717, 1.165) is 12.8 Å². The van der Waals surface area contributed by atoms with Gasteiger partial charge in [-0.2, -0.15) is 0 Å². The summed E-state index contributed by atoms with van der Waals surface area (Å²) in [7, 11) is 1.31. The first-order valence-corrected chi connectivity index (χ1v) is 12.8. The van der Waals surface area contributed by atoms with Gasteiger partial charge in [-0.3, -0.25) is 0 Å². The van der Waals surface area contributed by atoms with Gasteiger partial charge in [-0.15, -0.1) is 0 Å². The van der Waals surface area contributed by atoms with E-state index in [2.05, 4.69) is 15.0 Å². The highest BCUT2D eigenvalue weighted by atomic mass is 35.5. The maximum absolute atomic E-state index is 12.7. The van der Waals surface area contributed by atoms with Crippen molar-refractivity contribution in [3.8, 4) is 11.5 Å². The van der Waals surface area contributed by atoms with E-state index < -0.39 is 5.97 Å². The van der Waals surface area contributed by atoms with Gasteiger partial charge in [-0.05, 0) is 31.9 Å². The SMILES string of the molecule is COC(=O)c1nc(Sc2cccc(-c3ncco3)c2Cl)c(N)nc1N1CCC2(CC1)CO[C@@H](C)[C@H]2N. The number of nitrogen functional groups attached to an aromatic ring is 1. The molecule has 2 aliphatic heterocycles. The van der Waals surface area contributed by atoms with Crippen LogP contribution in [0.5, 0.6) is 0 Å². The molecule has 2 saturated heterocycles. The lowest BCUT2D eigenvalue weighted by atomic mass is 9.73. The van der Waals surface area contributed by atoms with Crippen molar-refractivity contribution >= 4 is 41.0 Å². The summed E-state index contributed by atoms with van der Waals surface area (Å²) in [6.07, 6.45) is 4.70. The second kappa shape index (κ2) is 9.89. The fraction of sp³-hybridized carbons (Fsp3) is 0.417. The molecule has 12 heteroatoms. The van der Waals surface area contributed by atoms with Gasteiger partial charge >= 0.3 is 5.97 Å². The molecule has 0 aliphatic carbocycles. The lowest BCUT2D eigenvalue weighted by molar-refractivity contribution is 0.0593. The fourth-order valence-electron chi connectivity index (χ4n) is 4.80. The van der Waals surface area contributed by atoms with Crippen LogP contribution in [0.15, 0.2) is 45.0 Å². The molecule has 1 aromatic carbocycles. The summed E-state index contributed by atoms with van der Waals surface area (Å²) in [5, 5.41) is 0.777. The Balaban J connectivity index is 1.43. The average Bonchev–Trinajstić information content (AvgIpc) is 3.52. The summed E-state index contributed by atoms with van der Waals surface area (Å²) < 4.78 is 16.2. The summed E-state index contributed by atoms with van der Waals surface area (Å²) in [5.74, 6) is 0.402. The van der Waals surface area contributed by atoms with Gasteiger partial charge in [-0.1, -0.05) is 29.4 Å². The molecule has 0 unspecified atom stereocenters. The number of carbonyl (C=O) groups is 1. The molecule has 10 nitrogen and oxygen atoms in total. The number of carbonyl (C=O) groups excluding carboxylic acids is 1. The lowest BCUT2D eigenvalue weighted by Gasteiger charge is -2.41. The molecule has 2 fully saturated rings. The van der Waals surface area contributed by atoms with E-state index >= 15 is 0 Å². The topological polar surface area (TPSA) is 143 Å². The summed E-state index contributed by atoms with van der Waals surface area (Å²) >= 11 is 7.84. The van der Waals surface area contributed by atoms with Crippen LogP contribution in [0.1, 0.15) is 30.3 Å². The van der Waals surface area contributed by atoms with Crippen molar-refractivity contribution in [3.05, 3.63) is 41.4 Å². The Bertz CT molecular complexity index is 1270. The largest absolute Gasteiger partial charge is 0.464 e. The second-order valence-electron chi connectivity index (χ2n) is 9.03. The number of anilines is 2. The van der Waals surface area contributed by atoms with Crippen LogP contribution in [0.3, 0.4) is 0 Å². The predicted molar refractivity (Wildman–Crippen MR) is 136 cm³/mol. The molecule has 190 valence electrons. The predicted octanol–water partition coefficient (Wildman–Crippen LogP) is 3.64. The van der Waals surface area contributed by atoms with Crippen LogP contribution in [0.25, 0.3) is 11.5 Å². The number of hydrogen-bond acceptors (Lipinski definition) is 11. The third-order valence-corrected chi connectivity index (χ3v) is 8.56. The molecule has 2 aromatic heterocycles. The van der Waals surface area contributed by atoms with E-state index in [0.29, 0.717) is 51.9 Å². The molecular formula is C24H27ClN6O4S. The number of ether oxygens (including phenoxy) is 2. The van der Waals surface area contributed by atoms with E-state index in [1.165, 1.54) is 25.1 Å². The van der Waals surface area contributed by atoms with E-state index in [4.69, 9.17) is 37.0 Å². The molecule has 2 atom stereocenters. The van der Waals surface area contributed by atoms with Crippen LogP contribution in [0.2, 0.25) is 5.02 Å². The highest BCUT2D eigenvalue weighted by Gasteiger charge is 2.48. The zero-order valence-electron chi connectivity index (χ0n) is 19.9. The third kappa shape index (κ3) is 4.40. The number of piperidine rings is 1. The van der Waals surface area contributed by atoms with Crippen LogP contribution < -0.4 is 16.4 Å². The van der Waals surface area contributed by atoms with E-state index in [-0.39, 0.29) is 29.1 Å². The van der Waals surface area contributed by atoms with Crippen molar-refractivity contribution in [3.63, 3.8) is 0 Å². The van der Waals surface area contributed by atoms with E-state index in [1.807, 2.05) is 24.0 Å². The Morgan fingerprint density at radius 1 is 1.31 bits per heavy atom. The summed E-state index contributed by atoms with van der Waals surface area (Å²) in [6.45, 7) is 3.96. The van der Waals surface area contributed by atoms with Gasteiger partial charge in [0.1, 0.15) is 11.3 Å². The first kappa shape index (κ1) is 24.8. The average molecular weight is 531 g/mol. The molecule has 2 aliphatic rings. The van der Waals surface area contributed by atoms with Crippen LogP contribution in [0, 0.1) is 5.41 Å². The molecule has 5 rings (SSSR count). The molecular weight excluding hydrogens is 504 g/mol. The maximum Gasteiger partial charge on any atom is 0.360 e. The highest BCUT2D eigenvalue weighted by molar-refractivity contribution is 7.99. The normalized spacial score (nSPS) is 21.2. The van der Waals surface area contributed by atoms with Gasteiger partial charge in [0, 0.05) is 29.4 Å². The standard InChI is InChI=1S/C24H27ClN6O4S/c1-13-18(26)24(12-35-13)6-9-31(10-7-24)20-17(23(32)33-2)29-22(19(27)30-20)36-15-5-3-4-14(16(15)25)21-28-8-11-34-21/h3-5,8,11,13,18H,6-7,9-10,12,26H2,1-2H3,(H2,27,30)/t13-,18+/m0/s1. The quantitative estimate of drug-likeness (QED) is 0.466. The summed E-state index contributed by atoms with van der Waals surface area (Å²) in [6, 6.07) is 5.44. The first-order valence-electron chi connectivity index (χ1n) is 11.6.